The number of hydrogen-bond donors (Lipinski definition) is 1. The van der Waals surface area contributed by atoms with Crippen LogP contribution in [0.3, 0.4) is 0 Å². The van der Waals surface area contributed by atoms with Gasteiger partial charge in [-0.05, 0) is 51.0 Å². The molecule has 0 unspecified atom stereocenters. The molecule has 0 bridgehead atoms. The van der Waals surface area contributed by atoms with Crippen molar-refractivity contribution < 1.29 is 9.59 Å². The fraction of sp³-hybridized carbons (Fsp3) is 0.500. The first-order valence-corrected chi connectivity index (χ1v) is 10.5. The van der Waals surface area contributed by atoms with Crippen LogP contribution >= 0.6 is 0 Å². The Bertz CT molecular complexity index is 862. The van der Waals surface area contributed by atoms with Gasteiger partial charge in [-0.25, -0.2) is 4.68 Å². The van der Waals surface area contributed by atoms with Crippen LogP contribution in [0.15, 0.2) is 36.7 Å². The van der Waals surface area contributed by atoms with Crippen LogP contribution in [0.4, 0.5) is 0 Å². The summed E-state index contributed by atoms with van der Waals surface area (Å²) < 4.78 is 1.77. The molecule has 2 aromatic rings. The minimum Gasteiger partial charge on any atom is -0.352 e. The van der Waals surface area contributed by atoms with Gasteiger partial charge in [0.05, 0.1) is 11.9 Å². The minimum atomic E-state index is 0.0869. The number of nitrogens with zero attached hydrogens (tertiary/aromatic N) is 4. The molecule has 7 heteroatoms. The van der Waals surface area contributed by atoms with Crippen LogP contribution < -0.4 is 5.32 Å². The Balaban J connectivity index is 1.34. The standard InChI is InChI=1S/C22H29N5O2/c1-16(2)25-9-11-26(12-10-25)22(29)19-5-7-20(8-6-19)27-15-17(14-24-27)13-23-21(28)18-3-4-18/h5-8,14-16,18H,3-4,9-13H2,1-2H3,(H,23,28). The highest BCUT2D eigenvalue weighted by Gasteiger charge is 2.29. The summed E-state index contributed by atoms with van der Waals surface area (Å²) in [6, 6.07) is 8.08. The predicted octanol–water partition coefficient (Wildman–Crippen LogP) is 2.06. The zero-order chi connectivity index (χ0) is 20.4. The first-order valence-electron chi connectivity index (χ1n) is 10.5. The molecule has 1 aromatic heterocycles. The second-order valence-corrected chi connectivity index (χ2v) is 8.25. The number of rotatable bonds is 6. The molecular weight excluding hydrogens is 366 g/mol. The van der Waals surface area contributed by atoms with Gasteiger partial charge in [-0.15, -0.1) is 0 Å². The van der Waals surface area contributed by atoms with Gasteiger partial charge in [0.15, 0.2) is 0 Å². The molecule has 2 heterocycles. The van der Waals surface area contributed by atoms with E-state index in [1.807, 2.05) is 35.4 Å². The van der Waals surface area contributed by atoms with Gasteiger partial charge < -0.3 is 10.2 Å². The van der Waals surface area contributed by atoms with Crippen molar-refractivity contribution in [2.24, 2.45) is 5.92 Å². The Labute approximate surface area is 171 Å². The van der Waals surface area contributed by atoms with Crippen LogP contribution in [-0.4, -0.2) is 63.6 Å². The second-order valence-electron chi connectivity index (χ2n) is 8.25. The van der Waals surface area contributed by atoms with Gasteiger partial charge in [-0.1, -0.05) is 0 Å². The van der Waals surface area contributed by atoms with Gasteiger partial charge >= 0.3 is 0 Å². The molecule has 2 aliphatic rings. The van der Waals surface area contributed by atoms with Crippen molar-refractivity contribution in [3.63, 3.8) is 0 Å². The average Bonchev–Trinajstić information content (AvgIpc) is 3.50. The van der Waals surface area contributed by atoms with Crippen molar-refractivity contribution in [1.82, 2.24) is 24.9 Å². The zero-order valence-corrected chi connectivity index (χ0v) is 17.2. The monoisotopic (exact) mass is 395 g/mol. The van der Waals surface area contributed by atoms with Gasteiger partial charge in [0.1, 0.15) is 0 Å². The van der Waals surface area contributed by atoms with Crippen molar-refractivity contribution >= 4 is 11.8 Å². The van der Waals surface area contributed by atoms with Gasteiger partial charge in [0.25, 0.3) is 5.91 Å². The van der Waals surface area contributed by atoms with Crippen molar-refractivity contribution in [2.45, 2.75) is 39.3 Å². The van der Waals surface area contributed by atoms with E-state index in [1.165, 1.54) is 0 Å². The summed E-state index contributed by atoms with van der Waals surface area (Å²) in [5.41, 5.74) is 2.56. The molecule has 2 amide bonds. The maximum atomic E-state index is 12.8. The van der Waals surface area contributed by atoms with E-state index in [1.54, 1.807) is 10.9 Å². The third-order valence-corrected chi connectivity index (χ3v) is 5.76. The first-order chi connectivity index (χ1) is 14.0. The maximum Gasteiger partial charge on any atom is 0.253 e. The molecule has 1 saturated heterocycles. The van der Waals surface area contributed by atoms with E-state index in [0.29, 0.717) is 18.2 Å². The molecule has 7 nitrogen and oxygen atoms in total. The van der Waals surface area contributed by atoms with Gasteiger partial charge in [-0.2, -0.15) is 5.10 Å². The lowest BCUT2D eigenvalue weighted by Gasteiger charge is -2.37. The van der Waals surface area contributed by atoms with Crippen molar-refractivity contribution in [2.75, 3.05) is 26.2 Å². The lowest BCUT2D eigenvalue weighted by Crippen LogP contribution is -2.50. The van der Waals surface area contributed by atoms with Crippen LogP contribution in [0.1, 0.15) is 42.6 Å². The number of nitrogens with one attached hydrogen (secondary N) is 1. The molecule has 154 valence electrons. The van der Waals surface area contributed by atoms with Gasteiger partial charge in [0, 0.05) is 62.0 Å². The van der Waals surface area contributed by atoms with E-state index in [9.17, 15) is 9.59 Å². The Hall–Kier alpha value is -2.67. The molecule has 1 saturated carbocycles. The Morgan fingerprint density at radius 3 is 2.41 bits per heavy atom. The molecular formula is C22H29N5O2. The number of carbonyl (C=O) groups excluding carboxylic acids is 2. The quantitative estimate of drug-likeness (QED) is 0.813. The highest BCUT2D eigenvalue weighted by Crippen LogP contribution is 2.28. The molecule has 2 fully saturated rings. The smallest absolute Gasteiger partial charge is 0.253 e. The largest absolute Gasteiger partial charge is 0.352 e. The van der Waals surface area contributed by atoms with E-state index in [4.69, 9.17) is 0 Å². The van der Waals surface area contributed by atoms with E-state index < -0.39 is 0 Å². The molecule has 0 radical (unpaired) electrons. The maximum absolute atomic E-state index is 12.8. The Morgan fingerprint density at radius 1 is 1.10 bits per heavy atom. The number of carbonyl (C=O) groups is 2. The van der Waals surface area contributed by atoms with Crippen molar-refractivity contribution in [1.29, 1.82) is 0 Å². The predicted molar refractivity (Wildman–Crippen MR) is 111 cm³/mol. The summed E-state index contributed by atoms with van der Waals surface area (Å²) in [6.45, 7) is 8.27. The van der Waals surface area contributed by atoms with Crippen LogP contribution in [0.2, 0.25) is 0 Å². The fourth-order valence-electron chi connectivity index (χ4n) is 3.65. The summed E-state index contributed by atoms with van der Waals surface area (Å²) in [5, 5.41) is 7.33. The third-order valence-electron chi connectivity index (χ3n) is 5.76. The van der Waals surface area contributed by atoms with Crippen LogP contribution in [-0.2, 0) is 11.3 Å². The highest BCUT2D eigenvalue weighted by atomic mass is 16.2. The van der Waals surface area contributed by atoms with E-state index in [-0.39, 0.29) is 17.7 Å². The van der Waals surface area contributed by atoms with Crippen LogP contribution in [0.25, 0.3) is 5.69 Å². The number of amides is 2. The summed E-state index contributed by atoms with van der Waals surface area (Å²) in [6.07, 6.45) is 5.68. The van der Waals surface area contributed by atoms with E-state index >= 15 is 0 Å². The molecule has 1 N–H and O–H groups in total. The topological polar surface area (TPSA) is 70.5 Å². The molecule has 4 rings (SSSR count). The summed E-state index contributed by atoms with van der Waals surface area (Å²) in [4.78, 5) is 28.9. The normalized spacial score (nSPS) is 17.6. The zero-order valence-electron chi connectivity index (χ0n) is 17.2. The SMILES string of the molecule is CC(C)N1CCN(C(=O)c2ccc(-n3cc(CNC(=O)C4CC4)cn3)cc2)CC1. The van der Waals surface area contributed by atoms with Crippen LogP contribution in [0.5, 0.6) is 0 Å². The molecule has 1 aliphatic carbocycles. The Morgan fingerprint density at radius 2 is 1.79 bits per heavy atom. The minimum absolute atomic E-state index is 0.0869. The molecule has 1 aromatic carbocycles. The number of aromatic nitrogens is 2. The van der Waals surface area contributed by atoms with Crippen molar-refractivity contribution in [3.05, 3.63) is 47.8 Å². The summed E-state index contributed by atoms with van der Waals surface area (Å²) in [5.74, 6) is 0.433. The number of hydrogen-bond acceptors (Lipinski definition) is 4. The molecule has 0 spiro atoms. The third kappa shape index (κ3) is 4.67. The highest BCUT2D eigenvalue weighted by molar-refractivity contribution is 5.94. The summed E-state index contributed by atoms with van der Waals surface area (Å²) >= 11 is 0. The van der Waals surface area contributed by atoms with Crippen LogP contribution in [0, 0.1) is 5.92 Å². The van der Waals surface area contributed by atoms with E-state index in [0.717, 1.165) is 50.3 Å². The molecule has 1 aliphatic heterocycles. The molecule has 29 heavy (non-hydrogen) atoms. The number of benzene rings is 1. The van der Waals surface area contributed by atoms with Gasteiger partial charge in [0.2, 0.25) is 5.91 Å². The summed E-state index contributed by atoms with van der Waals surface area (Å²) in [7, 11) is 0. The fourth-order valence-corrected chi connectivity index (χ4v) is 3.65. The average molecular weight is 396 g/mol. The van der Waals surface area contributed by atoms with Crippen molar-refractivity contribution in [3.8, 4) is 5.69 Å². The lowest BCUT2D eigenvalue weighted by molar-refractivity contribution is -0.122. The number of piperazine rings is 1. The second kappa shape index (κ2) is 8.37. The van der Waals surface area contributed by atoms with E-state index in [2.05, 4.69) is 29.2 Å². The molecule has 0 atom stereocenters. The lowest BCUT2D eigenvalue weighted by atomic mass is 10.1. The van der Waals surface area contributed by atoms with Gasteiger partial charge in [-0.3, -0.25) is 14.5 Å². The Kier molecular flexibility index (Phi) is 5.67. The first kappa shape index (κ1) is 19.6.